The first kappa shape index (κ1) is 96.6. The first-order valence-corrected chi connectivity index (χ1v) is 47.5. The maximum absolute atomic E-state index is 7.33. The summed E-state index contributed by atoms with van der Waals surface area (Å²) >= 11 is 9.41. The van der Waals surface area contributed by atoms with E-state index in [9.17, 15) is 0 Å². The largest absolute Gasteiger partial charge is 0.501 e. The highest BCUT2D eigenvalue weighted by atomic mass is 32.1. The van der Waals surface area contributed by atoms with Gasteiger partial charge in [0.1, 0.15) is 0 Å². The number of hydrogen-bond acceptors (Lipinski definition) is 9. The van der Waals surface area contributed by atoms with Gasteiger partial charge in [-0.05, 0) is 75.7 Å². The van der Waals surface area contributed by atoms with Gasteiger partial charge in [0.05, 0.1) is 19.8 Å². The van der Waals surface area contributed by atoms with E-state index in [4.69, 9.17) is 57.8 Å². The average Bonchev–Trinajstić information content (AvgIpc) is 1.47. The Bertz CT molecular complexity index is 1370. The summed E-state index contributed by atoms with van der Waals surface area (Å²) in [4.78, 5) is 12.5. The summed E-state index contributed by atoms with van der Waals surface area (Å²) in [5.41, 5.74) is 0. The molecule has 0 N–H and O–H groups in total. The number of unbranched alkanes of at least 4 members (excludes halogenated alkanes) is 60. The van der Waals surface area contributed by atoms with E-state index >= 15 is 0 Å². The van der Waals surface area contributed by atoms with Crippen molar-refractivity contribution in [3.05, 3.63) is 0 Å². The summed E-state index contributed by atoms with van der Waals surface area (Å²) in [6.07, 6.45) is 92.3. The SMILES string of the molecule is CCCCCCCCCCCCCCCCO[Si](CCCS)(OCCCCCCCCCCCC)OC(CCCS)CCCCCCCCCCCCC(OCCCCCCCCCCCC)(OCCCCCCCCCCCC)OOCCCCCCCCCCCCCC. The fourth-order valence-corrected chi connectivity index (χ4v) is 17.5. The molecule has 0 saturated carbocycles. The van der Waals surface area contributed by atoms with E-state index in [-0.39, 0.29) is 6.10 Å². The van der Waals surface area contributed by atoms with Gasteiger partial charge < -0.3 is 22.8 Å². The molecule has 2 atom stereocenters. The van der Waals surface area contributed by atoms with Gasteiger partial charge in [0.25, 0.3) is 0 Å². The van der Waals surface area contributed by atoms with Gasteiger partial charge in [0.2, 0.25) is 0 Å². The molecule has 0 fully saturated rings. The molecular formula is C86H176O7S2Si. The lowest BCUT2D eigenvalue weighted by Crippen LogP contribution is -2.49. The van der Waals surface area contributed by atoms with Crippen molar-refractivity contribution in [2.75, 3.05) is 44.5 Å². The molecule has 0 heterocycles. The summed E-state index contributed by atoms with van der Waals surface area (Å²) in [6.45, 7) is 15.0. The monoisotopic (exact) mass is 1410 g/mol. The fourth-order valence-electron chi connectivity index (χ4n) is 14.0. The normalized spacial score (nSPS) is 13.0. The summed E-state index contributed by atoms with van der Waals surface area (Å²) in [7, 11) is -2.90. The Labute approximate surface area is 616 Å². The lowest BCUT2D eigenvalue weighted by molar-refractivity contribution is -0.509. The van der Waals surface area contributed by atoms with E-state index in [1.165, 1.54) is 385 Å². The number of ether oxygens (including phenoxy) is 2. The highest BCUT2D eigenvalue weighted by Crippen LogP contribution is 2.30. The summed E-state index contributed by atoms with van der Waals surface area (Å²) in [6, 6.07) is 0.882. The van der Waals surface area contributed by atoms with Crippen molar-refractivity contribution >= 4 is 34.1 Å². The molecule has 0 rings (SSSR count). The predicted octanol–water partition coefficient (Wildman–Crippen LogP) is 30.6. The van der Waals surface area contributed by atoms with Crippen molar-refractivity contribution in [1.29, 1.82) is 0 Å². The molecule has 0 aliphatic heterocycles. The minimum absolute atomic E-state index is 0.179. The molecule has 0 saturated heterocycles. The highest BCUT2D eigenvalue weighted by Gasteiger charge is 2.43. The standard InChI is InChI=1S/C86H176O7S2Si/c1-6-11-16-21-26-31-36-38-39-43-50-57-64-71-81-91-96(84-73-83-95,90-80-70-63-56-49-35-30-25-20-15-10-5)92-85(75-72-82-94)74-65-58-51-44-40-41-45-52-59-66-76-86(87-77-67-60-53-46-33-28-23-18-13-8-3,88-78-68-61-54-47-34-29-24-19-14-9-4)93-89-79-69-62-55-48-42-37-32-27-22-17-12-7-2/h85,94-95H,6-84H2,1-5H3. The van der Waals surface area contributed by atoms with Gasteiger partial charge >= 0.3 is 14.8 Å². The van der Waals surface area contributed by atoms with Gasteiger partial charge in [0.15, 0.2) is 0 Å². The molecule has 0 bridgehead atoms. The van der Waals surface area contributed by atoms with Crippen LogP contribution in [-0.2, 0) is 32.5 Å². The zero-order valence-electron chi connectivity index (χ0n) is 66.2. The molecule has 0 aromatic rings. The average molecular weight is 1410 g/mol. The van der Waals surface area contributed by atoms with Gasteiger partial charge in [-0.15, -0.1) is 0 Å². The number of thiol groups is 2. The topological polar surface area (TPSA) is 64.6 Å². The van der Waals surface area contributed by atoms with Gasteiger partial charge in [0, 0.05) is 31.8 Å². The number of rotatable bonds is 88. The van der Waals surface area contributed by atoms with Crippen LogP contribution in [0, 0.1) is 0 Å². The minimum atomic E-state index is -2.90. The zero-order chi connectivity index (χ0) is 69.4. The third-order valence-corrected chi connectivity index (χ3v) is 24.1. The summed E-state index contributed by atoms with van der Waals surface area (Å²) in [5.74, 6) is 0.630. The third kappa shape index (κ3) is 71.6. The molecule has 2 unspecified atom stereocenters. The Hall–Kier alpha value is 0.637. The Morgan fingerprint density at radius 2 is 0.490 bits per heavy atom. The van der Waals surface area contributed by atoms with Crippen LogP contribution < -0.4 is 0 Å². The first-order chi connectivity index (χ1) is 47.5. The van der Waals surface area contributed by atoms with Crippen LogP contribution in [0.5, 0.6) is 0 Å². The predicted molar refractivity (Wildman–Crippen MR) is 433 cm³/mol. The molecule has 0 aromatic heterocycles. The maximum Gasteiger partial charge on any atom is 0.501 e. The van der Waals surface area contributed by atoms with Crippen molar-refractivity contribution < 1.29 is 32.5 Å². The summed E-state index contributed by atoms with van der Waals surface area (Å²) in [5, 5.41) is 0. The molecular weight excluding hydrogens is 1240 g/mol. The second-order valence-electron chi connectivity index (χ2n) is 30.2. The first-order valence-electron chi connectivity index (χ1n) is 44.3. The molecule has 578 valence electrons. The van der Waals surface area contributed by atoms with E-state index in [1.54, 1.807) is 0 Å². The molecule has 10 heteroatoms. The molecule has 0 amide bonds. The smallest absolute Gasteiger partial charge is 0.373 e. The minimum Gasteiger partial charge on any atom is -0.373 e. The van der Waals surface area contributed by atoms with Crippen LogP contribution >= 0.6 is 25.3 Å². The molecule has 0 radical (unpaired) electrons. The second-order valence-corrected chi connectivity index (χ2v) is 33.8. The number of hydrogen-bond donors (Lipinski definition) is 2. The molecule has 0 aliphatic rings. The zero-order valence-corrected chi connectivity index (χ0v) is 69.0. The molecule has 7 nitrogen and oxygen atoms in total. The van der Waals surface area contributed by atoms with Crippen LogP contribution in [0.25, 0.3) is 0 Å². The van der Waals surface area contributed by atoms with Gasteiger partial charge in [-0.25, -0.2) is 4.89 Å². The van der Waals surface area contributed by atoms with Crippen molar-refractivity contribution in [2.45, 2.75) is 509 Å². The van der Waals surface area contributed by atoms with Crippen LogP contribution in [0.3, 0.4) is 0 Å². The van der Waals surface area contributed by atoms with E-state index in [0.29, 0.717) is 19.8 Å². The Kier molecular flexibility index (Phi) is 83.5. The highest BCUT2D eigenvalue weighted by molar-refractivity contribution is 7.80. The molecule has 0 aliphatic carbocycles. The van der Waals surface area contributed by atoms with Crippen molar-refractivity contribution in [3.8, 4) is 0 Å². The molecule has 96 heavy (non-hydrogen) atoms. The van der Waals surface area contributed by atoms with Crippen molar-refractivity contribution in [1.82, 2.24) is 0 Å². The van der Waals surface area contributed by atoms with Crippen LogP contribution in [0.15, 0.2) is 0 Å². The lowest BCUT2D eigenvalue weighted by atomic mass is 10.0. The Morgan fingerprint density at radius 3 is 0.781 bits per heavy atom. The second kappa shape index (κ2) is 82.9. The van der Waals surface area contributed by atoms with Crippen LogP contribution in [0.1, 0.15) is 490 Å². The maximum atomic E-state index is 7.33. The van der Waals surface area contributed by atoms with E-state index in [1.807, 2.05) is 0 Å². The van der Waals surface area contributed by atoms with E-state index in [0.717, 1.165) is 101 Å². The van der Waals surface area contributed by atoms with Gasteiger partial charge in [-0.1, -0.05) is 420 Å². The third-order valence-electron chi connectivity index (χ3n) is 20.5. The fraction of sp³-hybridized carbons (Fsp3) is 1.00. The van der Waals surface area contributed by atoms with Crippen molar-refractivity contribution in [3.63, 3.8) is 0 Å². The van der Waals surface area contributed by atoms with Crippen LogP contribution in [0.4, 0.5) is 0 Å². The quantitative estimate of drug-likeness (QED) is 0.0157. The molecule has 0 spiro atoms. The Balaban J connectivity index is 5.49. The van der Waals surface area contributed by atoms with Crippen LogP contribution in [0.2, 0.25) is 6.04 Å². The van der Waals surface area contributed by atoms with Gasteiger partial charge in [-0.3, -0.25) is 0 Å². The van der Waals surface area contributed by atoms with Crippen LogP contribution in [-0.4, -0.2) is 65.4 Å². The Morgan fingerprint density at radius 1 is 0.250 bits per heavy atom. The summed E-state index contributed by atoms with van der Waals surface area (Å²) < 4.78 is 34.9. The van der Waals surface area contributed by atoms with Gasteiger partial charge in [-0.2, -0.15) is 30.1 Å². The van der Waals surface area contributed by atoms with E-state index in [2.05, 4.69) is 34.6 Å². The lowest BCUT2D eigenvalue weighted by Gasteiger charge is -2.34. The van der Waals surface area contributed by atoms with Crippen molar-refractivity contribution in [2.24, 2.45) is 0 Å². The van der Waals surface area contributed by atoms with E-state index < -0.39 is 14.8 Å². The molecule has 0 aromatic carbocycles.